The van der Waals surface area contributed by atoms with E-state index >= 15 is 0 Å². The molecule has 0 amide bonds. The van der Waals surface area contributed by atoms with Crippen molar-refractivity contribution in [2.45, 2.75) is 0 Å². The molecule has 2 aromatic carbocycles. The first kappa shape index (κ1) is 13.1. The molecular weight excluding hydrogens is 286 g/mol. The van der Waals surface area contributed by atoms with E-state index in [4.69, 9.17) is 0 Å². The molecule has 0 spiro atoms. The van der Waals surface area contributed by atoms with Crippen molar-refractivity contribution in [2.75, 3.05) is 0 Å². The Hall–Kier alpha value is -2.58. The molecule has 0 saturated heterocycles. The first-order valence-electron chi connectivity index (χ1n) is 7.24. The van der Waals surface area contributed by atoms with Gasteiger partial charge in [-0.2, -0.15) is 0 Å². The van der Waals surface area contributed by atoms with Crippen LogP contribution in [0.2, 0.25) is 0 Å². The second kappa shape index (κ2) is 5.32. The van der Waals surface area contributed by atoms with Crippen LogP contribution in [0.25, 0.3) is 31.8 Å². The molecule has 1 N–H and O–H groups in total. The van der Waals surface area contributed by atoms with E-state index in [9.17, 15) is 0 Å². The number of hydrogen-bond donors (Lipinski definition) is 1. The third-order valence-electron chi connectivity index (χ3n) is 3.86. The largest absolute Gasteiger partial charge is 0.368 e. The van der Waals surface area contributed by atoms with Gasteiger partial charge in [0, 0.05) is 38.1 Å². The van der Waals surface area contributed by atoms with Crippen molar-refractivity contribution in [1.29, 1.82) is 0 Å². The lowest BCUT2D eigenvalue weighted by Crippen LogP contribution is -1.93. The minimum absolute atomic E-state index is 1.04. The lowest BCUT2D eigenvalue weighted by Gasteiger charge is -2.09. The molecule has 0 radical (unpaired) electrons. The maximum absolute atomic E-state index is 4.28. The Morgan fingerprint density at radius 3 is 2.73 bits per heavy atom. The van der Waals surface area contributed by atoms with E-state index in [2.05, 4.69) is 60.4 Å². The minimum atomic E-state index is 1.04. The summed E-state index contributed by atoms with van der Waals surface area (Å²) in [6, 6.07) is 13.0. The molecule has 4 rings (SSSR count). The summed E-state index contributed by atoms with van der Waals surface area (Å²) in [5.41, 5.74) is 3.46. The number of fused-ring (bicyclic) bond motifs is 5. The summed E-state index contributed by atoms with van der Waals surface area (Å²) in [5, 5.41) is 5.78. The van der Waals surface area contributed by atoms with E-state index in [1.807, 2.05) is 35.9 Å². The number of thiophene rings is 1. The van der Waals surface area contributed by atoms with Crippen LogP contribution in [0.15, 0.2) is 73.6 Å². The van der Waals surface area contributed by atoms with E-state index in [-0.39, 0.29) is 0 Å². The maximum atomic E-state index is 4.28. The van der Waals surface area contributed by atoms with Gasteiger partial charge in [-0.05, 0) is 29.4 Å². The molecule has 106 valence electrons. The molecule has 1 nitrogen and oxygen atoms in total. The van der Waals surface area contributed by atoms with Crippen LogP contribution in [0.4, 0.5) is 0 Å². The molecule has 0 fully saturated rings. The summed E-state index contributed by atoms with van der Waals surface area (Å²) in [6.45, 7) is 4.28. The molecule has 0 atom stereocenters. The highest BCUT2D eigenvalue weighted by atomic mass is 32.1. The lowest BCUT2D eigenvalue weighted by atomic mass is 9.97. The maximum Gasteiger partial charge on any atom is 0.0439 e. The number of nitrogens with one attached hydrogen (secondary N) is 1. The summed E-state index contributed by atoms with van der Waals surface area (Å²) >= 11 is 1.84. The molecule has 0 unspecified atom stereocenters. The van der Waals surface area contributed by atoms with Crippen LogP contribution < -0.4 is 5.32 Å². The molecule has 22 heavy (non-hydrogen) atoms. The fourth-order valence-electron chi connectivity index (χ4n) is 2.83. The Balaban J connectivity index is 2.08. The van der Waals surface area contributed by atoms with Gasteiger partial charge in [-0.1, -0.05) is 49.1 Å². The fourth-order valence-corrected chi connectivity index (χ4v) is 4.13. The molecule has 2 heteroatoms. The Morgan fingerprint density at radius 1 is 0.864 bits per heavy atom. The fraction of sp³-hybridized carbons (Fsp3) is 0. The van der Waals surface area contributed by atoms with Crippen molar-refractivity contribution in [2.24, 2.45) is 0 Å². The molecule has 1 aliphatic rings. The standard InChI is InChI=1S/C20H15NS/c1-14-6-4-5-12-21-13-11-15-9-10-17-16-7-2-3-8-18(16)22-20(17)19(14)15/h2-13,21H,1H2/b6-4-,12-5-,13-11-. The Morgan fingerprint density at radius 2 is 1.77 bits per heavy atom. The van der Waals surface area contributed by atoms with E-state index in [1.165, 1.54) is 31.3 Å². The number of benzene rings is 2. The predicted molar refractivity (Wildman–Crippen MR) is 98.8 cm³/mol. The van der Waals surface area contributed by atoms with Crippen LogP contribution in [0.5, 0.6) is 0 Å². The smallest absolute Gasteiger partial charge is 0.0439 e. The minimum Gasteiger partial charge on any atom is -0.368 e. The monoisotopic (exact) mass is 301 g/mol. The van der Waals surface area contributed by atoms with Crippen LogP contribution in [-0.2, 0) is 0 Å². The Labute approximate surface area is 133 Å². The van der Waals surface area contributed by atoms with Crippen LogP contribution in [0, 0.1) is 0 Å². The molecule has 0 saturated carbocycles. The highest BCUT2D eigenvalue weighted by Crippen LogP contribution is 2.40. The normalized spacial score (nSPS) is 18.6. The van der Waals surface area contributed by atoms with E-state index in [1.54, 1.807) is 0 Å². The third kappa shape index (κ3) is 2.09. The first-order chi connectivity index (χ1) is 10.8. The lowest BCUT2D eigenvalue weighted by molar-refractivity contribution is 1.21. The average molecular weight is 301 g/mol. The molecule has 0 aliphatic carbocycles. The Bertz CT molecular complexity index is 970. The van der Waals surface area contributed by atoms with Crippen molar-refractivity contribution in [3.05, 3.63) is 84.7 Å². The summed E-state index contributed by atoms with van der Waals surface area (Å²) in [6.07, 6.45) is 12.0. The molecule has 0 bridgehead atoms. The van der Waals surface area contributed by atoms with Crippen LogP contribution in [0.1, 0.15) is 11.1 Å². The number of allylic oxidation sites excluding steroid dienone is 4. The van der Waals surface area contributed by atoms with Gasteiger partial charge in [0.2, 0.25) is 0 Å². The average Bonchev–Trinajstić information content (AvgIpc) is 2.92. The van der Waals surface area contributed by atoms with E-state index in [0.717, 1.165) is 5.57 Å². The van der Waals surface area contributed by atoms with E-state index < -0.39 is 0 Å². The van der Waals surface area contributed by atoms with Crippen LogP contribution >= 0.6 is 11.3 Å². The van der Waals surface area contributed by atoms with Crippen molar-refractivity contribution in [1.82, 2.24) is 5.32 Å². The van der Waals surface area contributed by atoms with Gasteiger partial charge in [0.25, 0.3) is 0 Å². The van der Waals surface area contributed by atoms with Gasteiger partial charge < -0.3 is 5.32 Å². The van der Waals surface area contributed by atoms with Crippen molar-refractivity contribution in [3.63, 3.8) is 0 Å². The van der Waals surface area contributed by atoms with Gasteiger partial charge in [0.1, 0.15) is 0 Å². The summed E-state index contributed by atoms with van der Waals surface area (Å²) < 4.78 is 2.63. The first-order valence-corrected chi connectivity index (χ1v) is 8.05. The van der Waals surface area contributed by atoms with E-state index in [0.29, 0.717) is 0 Å². The summed E-state index contributed by atoms with van der Waals surface area (Å²) in [4.78, 5) is 0. The van der Waals surface area contributed by atoms with Crippen molar-refractivity contribution in [3.8, 4) is 0 Å². The third-order valence-corrected chi connectivity index (χ3v) is 5.06. The number of hydrogen-bond acceptors (Lipinski definition) is 2. The van der Waals surface area contributed by atoms with Crippen LogP contribution in [0.3, 0.4) is 0 Å². The molecule has 2 heterocycles. The zero-order valence-electron chi connectivity index (χ0n) is 12.0. The topological polar surface area (TPSA) is 12.0 Å². The summed E-state index contributed by atoms with van der Waals surface area (Å²) in [7, 11) is 0. The Kier molecular flexibility index (Phi) is 3.17. The SMILES string of the molecule is C=C1/C=C\C=C/N/C=C\c2ccc3c(sc4ccccc43)c21. The quantitative estimate of drug-likeness (QED) is 0.560. The van der Waals surface area contributed by atoms with Crippen LogP contribution in [-0.4, -0.2) is 0 Å². The molecular formula is C20H15NS. The zero-order valence-corrected chi connectivity index (χ0v) is 12.9. The highest BCUT2D eigenvalue weighted by Gasteiger charge is 2.13. The predicted octanol–water partition coefficient (Wildman–Crippen LogP) is 5.71. The van der Waals surface area contributed by atoms with Gasteiger partial charge in [-0.25, -0.2) is 0 Å². The second-order valence-electron chi connectivity index (χ2n) is 5.25. The zero-order chi connectivity index (χ0) is 14.9. The number of rotatable bonds is 0. The highest BCUT2D eigenvalue weighted by molar-refractivity contribution is 7.26. The molecule has 3 aromatic rings. The van der Waals surface area contributed by atoms with Crippen molar-refractivity contribution < 1.29 is 0 Å². The van der Waals surface area contributed by atoms with Crippen molar-refractivity contribution >= 4 is 43.2 Å². The van der Waals surface area contributed by atoms with Gasteiger partial charge in [-0.3, -0.25) is 0 Å². The molecule has 1 aliphatic heterocycles. The van der Waals surface area contributed by atoms with Gasteiger partial charge in [0.15, 0.2) is 0 Å². The van der Waals surface area contributed by atoms with Gasteiger partial charge in [0.05, 0.1) is 0 Å². The second-order valence-corrected chi connectivity index (χ2v) is 6.30. The summed E-state index contributed by atoms with van der Waals surface area (Å²) in [5.74, 6) is 0. The van der Waals surface area contributed by atoms with Gasteiger partial charge in [-0.15, -0.1) is 11.3 Å². The molecule has 1 aromatic heterocycles. The van der Waals surface area contributed by atoms with Gasteiger partial charge >= 0.3 is 0 Å².